The fourth-order valence-corrected chi connectivity index (χ4v) is 1.53. The number of carbonyl (C=O) groups excluding carboxylic acids is 1. The standard InChI is InChI=1S/C10H12N2O2S/c1-3-14-10(13)9-8(15-7-12-9)5-4-6-11-2/h7,11H,3,6H2,1-2H3. The Kier molecular flexibility index (Phi) is 4.81. The molecule has 0 atom stereocenters. The lowest BCUT2D eigenvalue weighted by Gasteiger charge is -1.97. The lowest BCUT2D eigenvalue weighted by Crippen LogP contribution is -2.07. The quantitative estimate of drug-likeness (QED) is 0.612. The van der Waals surface area contributed by atoms with E-state index in [1.54, 1.807) is 12.4 Å². The van der Waals surface area contributed by atoms with E-state index in [-0.39, 0.29) is 0 Å². The van der Waals surface area contributed by atoms with Gasteiger partial charge in [-0.25, -0.2) is 9.78 Å². The topological polar surface area (TPSA) is 51.2 Å². The monoisotopic (exact) mass is 224 g/mol. The molecule has 1 rings (SSSR count). The van der Waals surface area contributed by atoms with Crippen molar-refractivity contribution in [2.24, 2.45) is 0 Å². The Morgan fingerprint density at radius 3 is 3.20 bits per heavy atom. The average molecular weight is 224 g/mol. The highest BCUT2D eigenvalue weighted by atomic mass is 32.1. The van der Waals surface area contributed by atoms with Gasteiger partial charge in [0, 0.05) is 0 Å². The maximum absolute atomic E-state index is 11.4. The van der Waals surface area contributed by atoms with Crippen LogP contribution in [0, 0.1) is 11.8 Å². The summed E-state index contributed by atoms with van der Waals surface area (Å²) in [4.78, 5) is 16.0. The maximum Gasteiger partial charge on any atom is 0.359 e. The molecule has 0 amide bonds. The van der Waals surface area contributed by atoms with Gasteiger partial charge in [-0.1, -0.05) is 11.8 Å². The number of thiazole rings is 1. The molecule has 0 unspecified atom stereocenters. The lowest BCUT2D eigenvalue weighted by molar-refractivity contribution is 0.0520. The van der Waals surface area contributed by atoms with Crippen molar-refractivity contribution in [1.29, 1.82) is 0 Å². The minimum absolute atomic E-state index is 0.311. The molecule has 1 aromatic rings. The first-order chi connectivity index (χ1) is 7.29. The van der Waals surface area contributed by atoms with Crippen LogP contribution in [0.4, 0.5) is 0 Å². The van der Waals surface area contributed by atoms with Crippen molar-refractivity contribution in [3.8, 4) is 11.8 Å². The molecule has 1 aromatic heterocycles. The summed E-state index contributed by atoms with van der Waals surface area (Å²) < 4.78 is 4.86. The fourth-order valence-electron chi connectivity index (χ4n) is 0.893. The van der Waals surface area contributed by atoms with Crippen molar-refractivity contribution >= 4 is 17.3 Å². The minimum atomic E-state index is -0.410. The Balaban J connectivity index is 2.78. The molecule has 5 heteroatoms. The van der Waals surface area contributed by atoms with E-state index < -0.39 is 5.97 Å². The van der Waals surface area contributed by atoms with Crippen LogP contribution in [0.25, 0.3) is 0 Å². The van der Waals surface area contributed by atoms with Crippen molar-refractivity contribution in [3.05, 3.63) is 16.1 Å². The molecule has 4 nitrogen and oxygen atoms in total. The van der Waals surface area contributed by atoms with E-state index in [0.29, 0.717) is 23.7 Å². The van der Waals surface area contributed by atoms with Gasteiger partial charge in [0.25, 0.3) is 0 Å². The third kappa shape index (κ3) is 3.35. The van der Waals surface area contributed by atoms with Gasteiger partial charge in [-0.3, -0.25) is 0 Å². The van der Waals surface area contributed by atoms with E-state index in [2.05, 4.69) is 22.1 Å². The van der Waals surface area contributed by atoms with Crippen LogP contribution in [0.2, 0.25) is 0 Å². The van der Waals surface area contributed by atoms with Crippen LogP contribution >= 0.6 is 11.3 Å². The normalized spacial score (nSPS) is 9.20. The predicted octanol–water partition coefficient (Wildman–Crippen LogP) is 0.891. The second-order valence-corrected chi connectivity index (χ2v) is 3.44. The Morgan fingerprint density at radius 2 is 2.53 bits per heavy atom. The lowest BCUT2D eigenvalue weighted by atomic mass is 10.3. The Hall–Kier alpha value is -1.38. The number of rotatable bonds is 3. The highest BCUT2D eigenvalue weighted by Gasteiger charge is 2.13. The molecular weight excluding hydrogens is 212 g/mol. The van der Waals surface area contributed by atoms with Crippen molar-refractivity contribution in [2.45, 2.75) is 6.92 Å². The third-order valence-corrected chi connectivity index (χ3v) is 2.25. The van der Waals surface area contributed by atoms with Gasteiger partial charge in [0.15, 0.2) is 5.69 Å². The minimum Gasteiger partial charge on any atom is -0.461 e. The summed E-state index contributed by atoms with van der Waals surface area (Å²) in [5.74, 6) is 5.34. The van der Waals surface area contributed by atoms with E-state index in [0.717, 1.165) is 0 Å². The predicted molar refractivity (Wildman–Crippen MR) is 58.9 cm³/mol. The molecule has 0 aliphatic carbocycles. The molecule has 80 valence electrons. The van der Waals surface area contributed by atoms with Gasteiger partial charge in [0.1, 0.15) is 4.88 Å². The maximum atomic E-state index is 11.4. The molecule has 0 aliphatic heterocycles. The molecule has 0 saturated carbocycles. The zero-order valence-corrected chi connectivity index (χ0v) is 9.48. The van der Waals surface area contributed by atoms with Crippen molar-refractivity contribution in [2.75, 3.05) is 20.2 Å². The SMILES string of the molecule is CCOC(=O)c1ncsc1C#CCNC. The third-order valence-electron chi connectivity index (χ3n) is 1.50. The first-order valence-corrected chi connectivity index (χ1v) is 5.41. The first kappa shape index (κ1) is 11.7. The van der Waals surface area contributed by atoms with Crippen LogP contribution in [0.3, 0.4) is 0 Å². The summed E-state index contributed by atoms with van der Waals surface area (Å²) in [6.07, 6.45) is 0. The van der Waals surface area contributed by atoms with Crippen molar-refractivity contribution < 1.29 is 9.53 Å². The molecule has 1 heterocycles. The van der Waals surface area contributed by atoms with E-state index in [4.69, 9.17) is 4.74 Å². The number of nitrogens with zero attached hydrogens (tertiary/aromatic N) is 1. The van der Waals surface area contributed by atoms with Crippen molar-refractivity contribution in [1.82, 2.24) is 10.3 Å². The Labute approximate surface area is 92.7 Å². The smallest absolute Gasteiger partial charge is 0.359 e. The zero-order valence-electron chi connectivity index (χ0n) is 8.66. The second-order valence-electron chi connectivity index (χ2n) is 2.58. The number of ether oxygens (including phenoxy) is 1. The Morgan fingerprint density at radius 1 is 1.73 bits per heavy atom. The van der Waals surface area contributed by atoms with Gasteiger partial charge in [-0.15, -0.1) is 11.3 Å². The number of carbonyl (C=O) groups is 1. The van der Waals surface area contributed by atoms with Gasteiger partial charge in [0.2, 0.25) is 0 Å². The van der Waals surface area contributed by atoms with E-state index in [1.807, 2.05) is 7.05 Å². The first-order valence-electron chi connectivity index (χ1n) is 4.53. The van der Waals surface area contributed by atoms with Gasteiger partial charge < -0.3 is 10.1 Å². The highest BCUT2D eigenvalue weighted by molar-refractivity contribution is 7.10. The molecule has 0 aliphatic rings. The molecule has 15 heavy (non-hydrogen) atoms. The molecule has 0 bridgehead atoms. The zero-order chi connectivity index (χ0) is 11.1. The Bertz CT molecular complexity index is 390. The number of nitrogens with one attached hydrogen (secondary N) is 1. The van der Waals surface area contributed by atoms with Crippen LogP contribution < -0.4 is 5.32 Å². The molecule has 1 N–H and O–H groups in total. The summed E-state index contributed by atoms with van der Waals surface area (Å²) in [7, 11) is 1.81. The molecule has 0 spiro atoms. The van der Waals surface area contributed by atoms with Crippen LogP contribution in [-0.4, -0.2) is 31.2 Å². The highest BCUT2D eigenvalue weighted by Crippen LogP contribution is 2.12. The summed E-state index contributed by atoms with van der Waals surface area (Å²) >= 11 is 1.34. The summed E-state index contributed by atoms with van der Waals surface area (Å²) in [5.41, 5.74) is 1.90. The van der Waals surface area contributed by atoms with Crippen LogP contribution in [0.15, 0.2) is 5.51 Å². The van der Waals surface area contributed by atoms with Crippen LogP contribution in [0.5, 0.6) is 0 Å². The van der Waals surface area contributed by atoms with Gasteiger partial charge in [-0.05, 0) is 14.0 Å². The molecule has 0 aromatic carbocycles. The van der Waals surface area contributed by atoms with E-state index in [1.165, 1.54) is 11.3 Å². The number of esters is 1. The number of aromatic nitrogens is 1. The summed E-state index contributed by atoms with van der Waals surface area (Å²) in [6.45, 7) is 2.69. The van der Waals surface area contributed by atoms with Gasteiger partial charge >= 0.3 is 5.97 Å². The van der Waals surface area contributed by atoms with E-state index in [9.17, 15) is 4.79 Å². The van der Waals surface area contributed by atoms with Crippen molar-refractivity contribution in [3.63, 3.8) is 0 Å². The molecule has 0 fully saturated rings. The fraction of sp³-hybridized carbons (Fsp3) is 0.400. The van der Waals surface area contributed by atoms with Crippen LogP contribution in [0.1, 0.15) is 22.3 Å². The molecule has 0 saturated heterocycles. The second kappa shape index (κ2) is 6.17. The average Bonchev–Trinajstić information content (AvgIpc) is 2.67. The molecule has 0 radical (unpaired) electrons. The molecular formula is C10H12N2O2S. The number of hydrogen-bond acceptors (Lipinski definition) is 5. The van der Waals surface area contributed by atoms with Crippen LogP contribution in [-0.2, 0) is 4.74 Å². The number of hydrogen-bond donors (Lipinski definition) is 1. The van der Waals surface area contributed by atoms with Gasteiger partial charge in [-0.2, -0.15) is 0 Å². The summed E-state index contributed by atoms with van der Waals surface area (Å²) in [5, 5.41) is 2.90. The summed E-state index contributed by atoms with van der Waals surface area (Å²) in [6, 6.07) is 0. The largest absolute Gasteiger partial charge is 0.461 e. The van der Waals surface area contributed by atoms with E-state index >= 15 is 0 Å². The van der Waals surface area contributed by atoms with Gasteiger partial charge in [0.05, 0.1) is 18.7 Å².